The highest BCUT2D eigenvalue weighted by Crippen LogP contribution is 2.32. The van der Waals surface area contributed by atoms with Crippen LogP contribution in [0.4, 0.5) is 4.79 Å². The number of imide groups is 1. The van der Waals surface area contributed by atoms with E-state index in [4.69, 9.17) is 0 Å². The SMILES string of the molecule is CSc1nsc(SC)c1C(=O)NC(=O)NN(C)C. The second-order valence-electron chi connectivity index (χ2n) is 3.35. The van der Waals surface area contributed by atoms with Crippen LogP contribution in [-0.2, 0) is 0 Å². The maximum Gasteiger partial charge on any atom is 0.336 e. The first-order valence-corrected chi connectivity index (χ1v) is 8.08. The van der Waals surface area contributed by atoms with Gasteiger partial charge in [0.25, 0.3) is 5.91 Å². The first kappa shape index (κ1) is 15.3. The largest absolute Gasteiger partial charge is 0.336 e. The van der Waals surface area contributed by atoms with Crippen LogP contribution in [0.3, 0.4) is 0 Å². The number of rotatable bonds is 4. The van der Waals surface area contributed by atoms with Crippen LogP contribution in [0.25, 0.3) is 0 Å². The second-order valence-corrected chi connectivity index (χ2v) is 5.99. The molecule has 18 heavy (non-hydrogen) atoms. The number of nitrogens with one attached hydrogen (secondary N) is 2. The first-order valence-electron chi connectivity index (χ1n) is 4.86. The predicted molar refractivity (Wildman–Crippen MR) is 75.4 cm³/mol. The molecule has 1 heterocycles. The zero-order chi connectivity index (χ0) is 13.7. The maximum absolute atomic E-state index is 12.0. The molecule has 0 unspecified atom stereocenters. The fourth-order valence-electron chi connectivity index (χ4n) is 1.13. The number of urea groups is 1. The molecule has 0 fully saturated rings. The lowest BCUT2D eigenvalue weighted by atomic mass is 10.3. The van der Waals surface area contributed by atoms with Crippen LogP contribution in [0.1, 0.15) is 10.4 Å². The van der Waals surface area contributed by atoms with Crippen molar-refractivity contribution in [3.63, 3.8) is 0 Å². The summed E-state index contributed by atoms with van der Waals surface area (Å²) in [5.74, 6) is -0.434. The Kier molecular flexibility index (Phi) is 5.93. The van der Waals surface area contributed by atoms with Crippen molar-refractivity contribution in [1.82, 2.24) is 20.1 Å². The van der Waals surface area contributed by atoms with Crippen molar-refractivity contribution in [1.29, 1.82) is 0 Å². The summed E-state index contributed by atoms with van der Waals surface area (Å²) < 4.78 is 4.98. The lowest BCUT2D eigenvalue weighted by Crippen LogP contribution is -2.45. The zero-order valence-corrected chi connectivity index (χ0v) is 12.9. The molecule has 0 saturated heterocycles. The van der Waals surface area contributed by atoms with Crippen LogP contribution in [0.2, 0.25) is 0 Å². The van der Waals surface area contributed by atoms with Gasteiger partial charge in [-0.2, -0.15) is 4.37 Å². The Bertz CT molecular complexity index is 426. The highest BCUT2D eigenvalue weighted by Gasteiger charge is 2.21. The van der Waals surface area contributed by atoms with E-state index in [0.29, 0.717) is 10.6 Å². The van der Waals surface area contributed by atoms with Crippen molar-refractivity contribution >= 4 is 47.0 Å². The summed E-state index contributed by atoms with van der Waals surface area (Å²) in [5.41, 5.74) is 2.91. The predicted octanol–water partition coefficient (Wildman–Crippen LogP) is 1.50. The van der Waals surface area contributed by atoms with Gasteiger partial charge in [-0.1, -0.05) is 0 Å². The van der Waals surface area contributed by atoms with Gasteiger partial charge in [-0.15, -0.1) is 23.5 Å². The molecule has 9 heteroatoms. The Morgan fingerprint density at radius 1 is 1.28 bits per heavy atom. The summed E-state index contributed by atoms with van der Waals surface area (Å²) >= 11 is 4.08. The molecule has 6 nitrogen and oxygen atoms in total. The minimum absolute atomic E-state index is 0.434. The lowest BCUT2D eigenvalue weighted by molar-refractivity contribution is 0.0953. The summed E-state index contributed by atoms with van der Waals surface area (Å²) in [6.45, 7) is 0. The fraction of sp³-hybridized carbons (Fsp3) is 0.444. The monoisotopic (exact) mass is 306 g/mol. The van der Waals surface area contributed by atoms with Gasteiger partial charge in [0.05, 0.1) is 9.77 Å². The fourth-order valence-corrected chi connectivity index (χ4v) is 3.41. The van der Waals surface area contributed by atoms with E-state index in [0.717, 1.165) is 4.21 Å². The van der Waals surface area contributed by atoms with E-state index in [1.807, 2.05) is 12.5 Å². The second kappa shape index (κ2) is 6.98. The minimum atomic E-state index is -0.560. The van der Waals surface area contributed by atoms with E-state index >= 15 is 0 Å². The first-order chi connectivity index (χ1) is 8.49. The molecule has 2 N–H and O–H groups in total. The number of carbonyl (C=O) groups is 2. The van der Waals surface area contributed by atoms with Crippen LogP contribution >= 0.6 is 35.1 Å². The summed E-state index contributed by atoms with van der Waals surface area (Å²) in [7, 11) is 3.33. The lowest BCUT2D eigenvalue weighted by Gasteiger charge is -2.12. The molecule has 0 aromatic carbocycles. The van der Waals surface area contributed by atoms with Gasteiger partial charge in [0.1, 0.15) is 5.03 Å². The van der Waals surface area contributed by atoms with Crippen LogP contribution in [-0.4, -0.2) is 47.9 Å². The van der Waals surface area contributed by atoms with Crippen molar-refractivity contribution in [2.45, 2.75) is 9.24 Å². The van der Waals surface area contributed by atoms with E-state index in [1.165, 1.54) is 40.1 Å². The van der Waals surface area contributed by atoms with E-state index in [2.05, 4.69) is 15.1 Å². The molecule has 0 aliphatic carbocycles. The third kappa shape index (κ3) is 3.87. The van der Waals surface area contributed by atoms with Crippen molar-refractivity contribution in [2.75, 3.05) is 26.6 Å². The number of nitrogens with zero attached hydrogens (tertiary/aromatic N) is 2. The van der Waals surface area contributed by atoms with Gasteiger partial charge >= 0.3 is 6.03 Å². The molecular formula is C9H14N4O2S3. The molecule has 0 radical (unpaired) electrons. The number of amides is 3. The van der Waals surface area contributed by atoms with E-state index in [9.17, 15) is 9.59 Å². The van der Waals surface area contributed by atoms with Crippen LogP contribution in [0.15, 0.2) is 9.24 Å². The standard InChI is InChI=1S/C9H14N4O2S3/c1-13(2)11-9(15)10-6(14)5-7(16-3)12-18-8(5)17-4/h1-4H3,(H2,10,11,14,15). The Morgan fingerprint density at radius 2 is 1.94 bits per heavy atom. The topological polar surface area (TPSA) is 74.3 Å². The van der Waals surface area contributed by atoms with Gasteiger partial charge in [-0.05, 0) is 24.0 Å². The zero-order valence-electron chi connectivity index (χ0n) is 10.4. The highest BCUT2D eigenvalue weighted by molar-refractivity contribution is 8.01. The Labute approximate surface area is 118 Å². The van der Waals surface area contributed by atoms with E-state index < -0.39 is 11.9 Å². The summed E-state index contributed by atoms with van der Waals surface area (Å²) in [6.07, 6.45) is 3.71. The average Bonchev–Trinajstić information content (AvgIpc) is 2.70. The van der Waals surface area contributed by atoms with Crippen molar-refractivity contribution in [3.05, 3.63) is 5.56 Å². The molecule has 100 valence electrons. The molecule has 0 spiro atoms. The van der Waals surface area contributed by atoms with Crippen LogP contribution in [0.5, 0.6) is 0 Å². The quantitative estimate of drug-likeness (QED) is 0.649. The number of hydrogen-bond donors (Lipinski definition) is 2. The van der Waals surface area contributed by atoms with Gasteiger partial charge < -0.3 is 0 Å². The normalized spacial score (nSPS) is 10.5. The number of carbonyl (C=O) groups excluding carboxylic acids is 2. The number of aromatic nitrogens is 1. The number of hydrazine groups is 1. The highest BCUT2D eigenvalue weighted by atomic mass is 32.2. The molecule has 1 rings (SSSR count). The van der Waals surface area contributed by atoms with Gasteiger partial charge in [-0.3, -0.25) is 15.5 Å². The third-order valence-corrected chi connectivity index (χ3v) is 4.53. The van der Waals surface area contributed by atoms with Crippen molar-refractivity contribution in [2.24, 2.45) is 0 Å². The molecular weight excluding hydrogens is 292 g/mol. The minimum Gasteiger partial charge on any atom is -0.273 e. The molecule has 1 aromatic heterocycles. The van der Waals surface area contributed by atoms with Crippen LogP contribution in [0, 0.1) is 0 Å². The summed E-state index contributed by atoms with van der Waals surface area (Å²) in [6, 6.07) is -0.560. The Balaban J connectivity index is 2.83. The maximum atomic E-state index is 12.0. The number of hydrogen-bond acceptors (Lipinski definition) is 7. The summed E-state index contributed by atoms with van der Waals surface area (Å²) in [4.78, 5) is 23.4. The van der Waals surface area contributed by atoms with Crippen molar-refractivity contribution in [3.8, 4) is 0 Å². The van der Waals surface area contributed by atoms with Gasteiger partial charge in [-0.25, -0.2) is 9.80 Å². The third-order valence-electron chi connectivity index (χ3n) is 1.79. The molecule has 0 bridgehead atoms. The average molecular weight is 306 g/mol. The smallest absolute Gasteiger partial charge is 0.273 e. The molecule has 0 aliphatic heterocycles. The molecule has 0 saturated carbocycles. The number of thioether (sulfide) groups is 2. The van der Waals surface area contributed by atoms with E-state index in [-0.39, 0.29) is 0 Å². The Hall–Kier alpha value is -0.770. The summed E-state index contributed by atoms with van der Waals surface area (Å²) in [5, 5.41) is 4.37. The van der Waals surface area contributed by atoms with Crippen molar-refractivity contribution < 1.29 is 9.59 Å². The van der Waals surface area contributed by atoms with E-state index in [1.54, 1.807) is 14.1 Å². The Morgan fingerprint density at radius 3 is 2.44 bits per heavy atom. The van der Waals surface area contributed by atoms with Gasteiger partial charge in [0.2, 0.25) is 0 Å². The molecule has 3 amide bonds. The van der Waals surface area contributed by atoms with Gasteiger partial charge in [0, 0.05) is 14.1 Å². The molecule has 0 atom stereocenters. The molecule has 0 aliphatic rings. The van der Waals surface area contributed by atoms with Gasteiger partial charge in [0.15, 0.2) is 0 Å². The molecule has 1 aromatic rings. The van der Waals surface area contributed by atoms with Crippen LogP contribution < -0.4 is 10.7 Å².